The van der Waals surface area contributed by atoms with Crippen LogP contribution in [0, 0.1) is 0 Å². The predicted octanol–water partition coefficient (Wildman–Crippen LogP) is -3.05. The fraction of sp³-hybridized carbons (Fsp3) is 1.00. The van der Waals surface area contributed by atoms with Gasteiger partial charge in [-0.2, -0.15) is 16.8 Å². The molecular formula is C72H128O44S2. The molecule has 118 heavy (non-hydrogen) atoms. The van der Waals surface area contributed by atoms with Crippen LogP contribution in [0.25, 0.3) is 0 Å². The zero-order valence-corrected chi connectivity index (χ0v) is 73.2. The van der Waals surface area contributed by atoms with Crippen molar-refractivity contribution in [1.29, 1.82) is 0 Å². The number of methoxy groups -OCH3 is 22. The minimum atomic E-state index is -4.21. The molecule has 16 bridgehead atoms. The van der Waals surface area contributed by atoms with E-state index >= 15 is 0 Å². The van der Waals surface area contributed by atoms with E-state index in [1.807, 2.05) is 0 Å². The molecule has 0 aromatic heterocycles. The monoisotopic (exact) mass is 1760 g/mol. The maximum Gasteiger partial charge on any atom is 0.264 e. The van der Waals surface area contributed by atoms with Crippen molar-refractivity contribution in [3.05, 3.63) is 0 Å². The Bertz CT molecular complexity index is 3040. The lowest BCUT2D eigenvalue weighted by atomic mass is 9.94. The third kappa shape index (κ3) is 23.1. The van der Waals surface area contributed by atoms with Crippen molar-refractivity contribution in [1.82, 2.24) is 0 Å². The zero-order valence-electron chi connectivity index (χ0n) is 71.5. The summed E-state index contributed by atoms with van der Waals surface area (Å²) in [4.78, 5) is 0. The van der Waals surface area contributed by atoms with E-state index in [0.717, 1.165) is 12.5 Å². The molecule has 44 nitrogen and oxygen atoms in total. The summed E-state index contributed by atoms with van der Waals surface area (Å²) >= 11 is 0. The van der Waals surface area contributed by atoms with Gasteiger partial charge in [0.15, 0.2) is 50.3 Å². The van der Waals surface area contributed by atoms with Crippen LogP contribution >= 0.6 is 0 Å². The molecule has 692 valence electrons. The van der Waals surface area contributed by atoms with Gasteiger partial charge in [0.1, 0.15) is 195 Å². The normalized spacial score (nSPS) is 44.6. The van der Waals surface area contributed by atoms with Crippen LogP contribution in [0.1, 0.15) is 0 Å². The van der Waals surface area contributed by atoms with E-state index in [1.165, 1.54) is 156 Å². The maximum atomic E-state index is 13.1. The van der Waals surface area contributed by atoms with Crippen molar-refractivity contribution < 1.29 is 205 Å². The molecule has 0 aliphatic carbocycles. The van der Waals surface area contributed by atoms with Gasteiger partial charge in [-0.15, -0.1) is 0 Å². The number of hydrogen-bond donors (Lipinski definition) is 0. The van der Waals surface area contributed by atoms with Gasteiger partial charge in [0.2, 0.25) is 0 Å². The second kappa shape index (κ2) is 47.4. The Morgan fingerprint density at radius 3 is 0.373 bits per heavy atom. The van der Waals surface area contributed by atoms with Gasteiger partial charge in [0.05, 0.1) is 65.4 Å². The van der Waals surface area contributed by atoms with Gasteiger partial charge in [-0.1, -0.05) is 0 Å². The number of ether oxygens (including phenoxy) is 38. The van der Waals surface area contributed by atoms with E-state index in [2.05, 4.69) is 0 Å². The van der Waals surface area contributed by atoms with Gasteiger partial charge in [-0.25, -0.2) is 0 Å². The molecular weight excluding hydrogens is 1630 g/mol. The minimum absolute atomic E-state index is 0.123. The van der Waals surface area contributed by atoms with E-state index in [-0.39, 0.29) is 39.6 Å². The molecule has 30 rings (SSSR count). The summed E-state index contributed by atoms with van der Waals surface area (Å²) in [6, 6.07) is 0. The first-order valence-corrected chi connectivity index (χ1v) is 42.0. The molecule has 0 amide bonds. The third-order valence-electron chi connectivity index (χ3n) is 22.3. The lowest BCUT2D eigenvalue weighted by Gasteiger charge is -2.53. The van der Waals surface area contributed by atoms with Gasteiger partial charge in [0.25, 0.3) is 20.2 Å². The third-order valence-corrected chi connectivity index (χ3v) is 23.4. The van der Waals surface area contributed by atoms with Crippen molar-refractivity contribution in [2.75, 3.05) is 222 Å². The Balaban J connectivity index is 1.15. The summed E-state index contributed by atoms with van der Waals surface area (Å²) in [5, 5.41) is 0. The number of rotatable bonds is 34. The fourth-order valence-corrected chi connectivity index (χ4v) is 17.8. The molecule has 30 saturated heterocycles. The van der Waals surface area contributed by atoms with E-state index in [1.54, 1.807) is 0 Å². The molecule has 0 unspecified atom stereocenters. The summed E-state index contributed by atoms with van der Waals surface area (Å²) in [5.74, 6) is 0. The van der Waals surface area contributed by atoms with Gasteiger partial charge in [0, 0.05) is 156 Å². The molecule has 0 saturated carbocycles. The topological polar surface area (TPSA) is 437 Å². The van der Waals surface area contributed by atoms with E-state index in [4.69, 9.17) is 188 Å². The quantitative estimate of drug-likeness (QED) is 0.0578. The SMILES string of the molecule is COC[C@H]1O[C@@H]2O[C@H]3[C@H](OC)[C@@H](OC)[C@@H](O[C@H]4[C@H](OC)[C@@H](OC)[C@@H](O[C@H]5[C@H](OC)[C@@H](OC)[C@@H](O[C@H]6[C@H](OC)[C@@H](OC)[C@@H](O[C@H]7[C@H](OC)[C@H](OC)[C@@H](O[C@H]8[C@@H](OC)[C@H](OC)[C@@H](O[C@H]9[C@H](OC)[C@@H](OC)[C@@H](O[C@H]1[C@H](OC)[C@@H]2OC)O[C@@H]9COS(C)(=O)=O)O[C@@H]8COC)O[C@@H]7COC)O[C@@H]6COS(C)(=O)=O)O[C@@H]5COC)O[C@@H]4COC)O[C@@H]3COC. The molecule has 0 N–H and O–H groups in total. The van der Waals surface area contributed by atoms with Crippen LogP contribution in [0.4, 0.5) is 0 Å². The van der Waals surface area contributed by atoms with Gasteiger partial charge in [-0.05, 0) is 0 Å². The smallest absolute Gasteiger partial charge is 0.264 e. The average Bonchev–Trinajstić information content (AvgIpc) is 0.761. The summed E-state index contributed by atoms with van der Waals surface area (Å²) in [6.07, 6.45) is -47.0. The second-order valence-corrected chi connectivity index (χ2v) is 32.4. The highest BCUT2D eigenvalue weighted by atomic mass is 32.2. The van der Waals surface area contributed by atoms with E-state index in [9.17, 15) is 16.8 Å². The van der Waals surface area contributed by atoms with Gasteiger partial charge < -0.3 is 180 Å². The van der Waals surface area contributed by atoms with Crippen LogP contribution in [-0.4, -0.2) is 484 Å². The van der Waals surface area contributed by atoms with Gasteiger partial charge >= 0.3 is 0 Å². The molecule has 46 heteroatoms. The molecule has 40 atom stereocenters. The maximum absolute atomic E-state index is 13.1. The predicted molar refractivity (Wildman–Crippen MR) is 394 cm³/mol. The first-order chi connectivity index (χ1) is 56.8. The fourth-order valence-electron chi connectivity index (χ4n) is 17.0. The molecule has 30 heterocycles. The van der Waals surface area contributed by atoms with Crippen molar-refractivity contribution in [3.8, 4) is 0 Å². The van der Waals surface area contributed by atoms with Crippen molar-refractivity contribution in [2.24, 2.45) is 0 Å². The van der Waals surface area contributed by atoms with Crippen molar-refractivity contribution in [2.45, 2.75) is 246 Å². The standard InChI is InChI=1S/C72H128O44S2/c1-77-25-33-41-49(83-7)58(92-16)66(102-33)111-43-35(27-79-3)105-69(61(95-19)51(43)85-9)115-47-39(31-99-117(23,73)74)108-72(64(98-22)55(47)89-13)114-46-38(30-82-6)104-68(60(94-18)54(46)88-12)112-44-36(28-80-4)106-70(62(96-20)52(44)86-10)116-48-40(32-100-118(24,75)76)107-71(63(97-21)56(48)90-14)113-45-37(29-81-5)103-67(59(93-17)53(45)87-11)110-42-34(26-78-2)101-65(109-41)57(91-15)50(42)84-8/h33-72H,25-32H2,1-24H3/t33-,34-,35-,36-,37-,38-,39-,40-,41-,42-,43-,44-,45-,46-,47-,48-,49+,50+,51+,52-,53+,54+,55+,56+,57-,58-,59+,60+,61-,62+,63-,64-,65-,66-,67-,68-,69-,70-,71-,72-/m1/s1. The molecule has 0 aromatic rings. The van der Waals surface area contributed by atoms with Crippen molar-refractivity contribution in [3.63, 3.8) is 0 Å². The Morgan fingerprint density at radius 1 is 0.169 bits per heavy atom. The summed E-state index contributed by atoms with van der Waals surface area (Å²) in [7, 11) is 23.0. The van der Waals surface area contributed by atoms with Crippen molar-refractivity contribution >= 4 is 20.2 Å². The first kappa shape index (κ1) is 100. The Hall–Kier alpha value is -1.70. The highest BCUT2D eigenvalue weighted by Crippen LogP contribution is 2.44. The number of hydrogen-bond acceptors (Lipinski definition) is 44. The zero-order chi connectivity index (χ0) is 86.0. The first-order valence-electron chi connectivity index (χ1n) is 38.4. The molecule has 30 fully saturated rings. The second-order valence-electron chi connectivity index (χ2n) is 29.1. The molecule has 30 aliphatic rings. The van der Waals surface area contributed by atoms with Crippen LogP contribution in [0.2, 0.25) is 0 Å². The Morgan fingerprint density at radius 2 is 0.280 bits per heavy atom. The lowest BCUT2D eigenvalue weighted by Crippen LogP contribution is -2.70. The van der Waals surface area contributed by atoms with E-state index < -0.39 is 279 Å². The molecule has 30 aliphatic heterocycles. The minimum Gasteiger partial charge on any atom is -0.382 e. The molecule has 0 radical (unpaired) electrons. The van der Waals surface area contributed by atoms with Crippen LogP contribution in [0.15, 0.2) is 0 Å². The van der Waals surface area contributed by atoms with Crippen LogP contribution < -0.4 is 0 Å². The average molecular weight is 1760 g/mol. The Labute approximate surface area is 690 Å². The molecule has 0 spiro atoms. The molecule has 0 aromatic carbocycles. The lowest BCUT2D eigenvalue weighted by molar-refractivity contribution is -0.409. The van der Waals surface area contributed by atoms with Crippen LogP contribution in [0.5, 0.6) is 0 Å². The summed E-state index contributed by atoms with van der Waals surface area (Å²) < 4.78 is 310. The summed E-state index contributed by atoms with van der Waals surface area (Å²) in [6.45, 7) is -2.30. The largest absolute Gasteiger partial charge is 0.382 e. The van der Waals surface area contributed by atoms with Gasteiger partial charge in [-0.3, -0.25) is 8.37 Å². The highest BCUT2D eigenvalue weighted by molar-refractivity contribution is 7.86. The van der Waals surface area contributed by atoms with E-state index in [0.29, 0.717) is 0 Å². The Kier molecular flexibility index (Phi) is 40.2. The summed E-state index contributed by atoms with van der Waals surface area (Å²) in [5.41, 5.74) is 0. The van der Waals surface area contributed by atoms with Crippen LogP contribution in [-0.2, 0) is 209 Å². The highest BCUT2D eigenvalue weighted by Gasteiger charge is 2.63. The van der Waals surface area contributed by atoms with Crippen LogP contribution in [0.3, 0.4) is 0 Å².